The number of hydrogen-bond donors (Lipinski definition) is 1. The fourth-order valence-electron chi connectivity index (χ4n) is 4.93. The highest BCUT2D eigenvalue weighted by Crippen LogP contribution is 2.38. The lowest BCUT2D eigenvalue weighted by atomic mass is 9.73. The third-order valence-corrected chi connectivity index (χ3v) is 6.71. The average Bonchev–Trinajstić information content (AvgIpc) is 3.14. The zero-order chi connectivity index (χ0) is 28.2. The molecule has 2 heterocycles. The average molecular weight is 537 g/mol. The topological polar surface area (TPSA) is 110 Å². The number of piperidine rings is 1. The van der Waals surface area contributed by atoms with Gasteiger partial charge in [-0.15, -0.1) is 0 Å². The highest BCUT2D eigenvalue weighted by Gasteiger charge is 2.54. The number of nitrogens with one attached hydrogen (secondary N) is 1. The molecule has 2 aliphatic rings. The fraction of sp³-hybridized carbons (Fsp3) is 0.448. The van der Waals surface area contributed by atoms with Gasteiger partial charge in [-0.05, 0) is 44.9 Å². The van der Waals surface area contributed by atoms with Gasteiger partial charge >= 0.3 is 6.09 Å². The van der Waals surface area contributed by atoms with Gasteiger partial charge in [-0.1, -0.05) is 36.4 Å². The molecule has 1 saturated heterocycles. The first-order valence-corrected chi connectivity index (χ1v) is 13.0. The van der Waals surface area contributed by atoms with Gasteiger partial charge in [0.05, 0.1) is 12.8 Å². The van der Waals surface area contributed by atoms with E-state index in [1.54, 1.807) is 64.1 Å². The molecule has 2 aromatic carbocycles. The Morgan fingerprint density at radius 2 is 1.82 bits per heavy atom. The van der Waals surface area contributed by atoms with Gasteiger partial charge < -0.3 is 24.4 Å². The Bertz CT molecular complexity index is 1240. The number of hydrazone groups is 1. The monoisotopic (exact) mass is 536 g/mol. The van der Waals surface area contributed by atoms with E-state index < -0.39 is 23.2 Å². The summed E-state index contributed by atoms with van der Waals surface area (Å²) in [4.78, 5) is 41.7. The molecular formula is C29H36N4O6. The number of alkyl carbamates (subject to hydrolysis) is 1. The van der Waals surface area contributed by atoms with E-state index in [2.05, 4.69) is 10.4 Å². The van der Waals surface area contributed by atoms with Gasteiger partial charge in [-0.3, -0.25) is 9.59 Å². The summed E-state index contributed by atoms with van der Waals surface area (Å²) < 4.78 is 16.6. The van der Waals surface area contributed by atoms with Crippen LogP contribution in [0.15, 0.2) is 59.7 Å². The molecule has 0 spiro atoms. The van der Waals surface area contributed by atoms with Crippen LogP contribution in [0, 0.1) is 5.41 Å². The lowest BCUT2D eigenvalue weighted by Crippen LogP contribution is -2.60. The maximum absolute atomic E-state index is 13.9. The molecule has 0 saturated carbocycles. The van der Waals surface area contributed by atoms with Crippen LogP contribution in [0.25, 0.3) is 0 Å². The molecule has 0 aliphatic carbocycles. The van der Waals surface area contributed by atoms with E-state index in [9.17, 15) is 14.4 Å². The molecule has 3 amide bonds. The molecule has 208 valence electrons. The van der Waals surface area contributed by atoms with Crippen LogP contribution in [-0.4, -0.2) is 79.0 Å². The smallest absolute Gasteiger partial charge is 0.408 e. The largest absolute Gasteiger partial charge is 0.497 e. The standard InChI is InChI=1S/C29H36N4O6/c1-28(2,3)39-27(36)30-23(18-38-22-13-9-12-21(16-22)37-5)25(34)33-15-14-24-29(19-33,26(35)32(4)31-24)17-20-10-7-6-8-11-20/h6-13,16,23H,14-15,17-19H2,1-5H3,(H,30,36)/t23-,29-/m1/s1. The van der Waals surface area contributed by atoms with Crippen molar-refractivity contribution in [3.05, 3.63) is 60.2 Å². The summed E-state index contributed by atoms with van der Waals surface area (Å²) in [6, 6.07) is 15.6. The van der Waals surface area contributed by atoms with Crippen molar-refractivity contribution in [3.63, 3.8) is 0 Å². The number of methoxy groups -OCH3 is 1. The molecule has 10 heteroatoms. The molecule has 0 aromatic heterocycles. The molecule has 2 atom stereocenters. The quantitative estimate of drug-likeness (QED) is 0.555. The van der Waals surface area contributed by atoms with E-state index in [0.29, 0.717) is 30.9 Å². The summed E-state index contributed by atoms with van der Waals surface area (Å²) in [5.74, 6) is 0.574. The number of rotatable bonds is 8. The second-order valence-corrected chi connectivity index (χ2v) is 10.8. The number of ether oxygens (including phenoxy) is 3. The normalized spacial score (nSPS) is 19.6. The number of amides is 3. The molecular weight excluding hydrogens is 500 g/mol. The summed E-state index contributed by atoms with van der Waals surface area (Å²) >= 11 is 0. The Labute approximate surface area is 228 Å². The van der Waals surface area contributed by atoms with Gasteiger partial charge in [0.1, 0.15) is 35.2 Å². The molecule has 0 unspecified atom stereocenters. The third-order valence-electron chi connectivity index (χ3n) is 6.71. The lowest BCUT2D eigenvalue weighted by Gasteiger charge is -2.40. The third kappa shape index (κ3) is 6.50. The van der Waals surface area contributed by atoms with Crippen molar-refractivity contribution in [3.8, 4) is 11.5 Å². The molecule has 0 bridgehead atoms. The zero-order valence-electron chi connectivity index (χ0n) is 23.1. The minimum Gasteiger partial charge on any atom is -0.497 e. The predicted molar refractivity (Wildman–Crippen MR) is 146 cm³/mol. The summed E-state index contributed by atoms with van der Waals surface area (Å²) in [5.41, 5.74) is 0.0384. The molecule has 2 aliphatic heterocycles. The number of carbonyl (C=O) groups is 3. The van der Waals surface area contributed by atoms with Crippen LogP contribution in [0.2, 0.25) is 0 Å². The van der Waals surface area contributed by atoms with E-state index >= 15 is 0 Å². The van der Waals surface area contributed by atoms with E-state index in [0.717, 1.165) is 11.3 Å². The van der Waals surface area contributed by atoms with E-state index in [1.807, 2.05) is 30.3 Å². The van der Waals surface area contributed by atoms with E-state index in [-0.39, 0.29) is 25.0 Å². The van der Waals surface area contributed by atoms with Crippen molar-refractivity contribution in [1.82, 2.24) is 15.2 Å². The van der Waals surface area contributed by atoms with Gasteiger partial charge in [0.2, 0.25) is 5.91 Å². The Morgan fingerprint density at radius 3 is 2.51 bits per heavy atom. The molecule has 1 N–H and O–H groups in total. The Morgan fingerprint density at radius 1 is 1.10 bits per heavy atom. The van der Waals surface area contributed by atoms with Crippen molar-refractivity contribution < 1.29 is 28.6 Å². The van der Waals surface area contributed by atoms with Crippen LogP contribution in [-0.2, 0) is 20.7 Å². The van der Waals surface area contributed by atoms with Gasteiger partial charge in [0, 0.05) is 32.6 Å². The predicted octanol–water partition coefficient (Wildman–Crippen LogP) is 3.26. The summed E-state index contributed by atoms with van der Waals surface area (Å²) in [7, 11) is 3.19. The molecule has 39 heavy (non-hydrogen) atoms. The minimum absolute atomic E-state index is 0.137. The highest BCUT2D eigenvalue weighted by molar-refractivity contribution is 6.13. The van der Waals surface area contributed by atoms with E-state index in [4.69, 9.17) is 14.2 Å². The van der Waals surface area contributed by atoms with Gasteiger partial charge in [0.25, 0.3) is 5.91 Å². The van der Waals surface area contributed by atoms with Crippen LogP contribution in [0.4, 0.5) is 4.79 Å². The Balaban J connectivity index is 1.57. The number of benzene rings is 2. The minimum atomic E-state index is -1.05. The highest BCUT2D eigenvalue weighted by atomic mass is 16.6. The van der Waals surface area contributed by atoms with Crippen molar-refractivity contribution in [1.29, 1.82) is 0 Å². The molecule has 0 radical (unpaired) electrons. The number of carbonyl (C=O) groups excluding carboxylic acids is 3. The Kier molecular flexibility index (Phi) is 8.13. The van der Waals surface area contributed by atoms with Crippen molar-refractivity contribution in [2.75, 3.05) is 33.9 Å². The van der Waals surface area contributed by atoms with E-state index in [1.165, 1.54) is 5.01 Å². The second kappa shape index (κ2) is 11.3. The SMILES string of the molecule is COc1cccc(OC[C@@H](NC(=O)OC(C)(C)C)C(=O)N2CCC3=NN(C)C(=O)[C@]3(Cc3ccccc3)C2)c1. The second-order valence-electron chi connectivity index (χ2n) is 10.8. The van der Waals surface area contributed by atoms with Gasteiger partial charge in [0.15, 0.2) is 0 Å². The van der Waals surface area contributed by atoms with Crippen molar-refractivity contribution in [2.45, 2.75) is 45.3 Å². The number of hydrogen-bond acceptors (Lipinski definition) is 7. The summed E-state index contributed by atoms with van der Waals surface area (Å²) in [6.07, 6.45) is 0.138. The van der Waals surface area contributed by atoms with Crippen LogP contribution in [0.3, 0.4) is 0 Å². The van der Waals surface area contributed by atoms with Crippen molar-refractivity contribution in [2.24, 2.45) is 10.5 Å². The molecule has 1 fully saturated rings. The van der Waals surface area contributed by atoms with Crippen LogP contribution < -0.4 is 14.8 Å². The van der Waals surface area contributed by atoms with Gasteiger partial charge in [-0.25, -0.2) is 9.80 Å². The van der Waals surface area contributed by atoms with Crippen molar-refractivity contribution >= 4 is 23.6 Å². The van der Waals surface area contributed by atoms with Crippen LogP contribution in [0.1, 0.15) is 32.8 Å². The molecule has 10 nitrogen and oxygen atoms in total. The molecule has 4 rings (SSSR count). The first kappa shape index (κ1) is 27.9. The first-order valence-electron chi connectivity index (χ1n) is 13.0. The maximum atomic E-state index is 13.9. The zero-order valence-corrected chi connectivity index (χ0v) is 23.1. The first-order chi connectivity index (χ1) is 18.5. The summed E-state index contributed by atoms with van der Waals surface area (Å²) in [5, 5.41) is 8.56. The van der Waals surface area contributed by atoms with Crippen LogP contribution >= 0.6 is 0 Å². The number of fused-ring (bicyclic) bond motifs is 1. The molecule has 2 aromatic rings. The number of nitrogens with zero attached hydrogens (tertiary/aromatic N) is 3. The van der Waals surface area contributed by atoms with Crippen LogP contribution in [0.5, 0.6) is 11.5 Å². The number of likely N-dealkylation sites (tertiary alicyclic amines) is 1. The lowest BCUT2D eigenvalue weighted by molar-refractivity contribution is -0.141. The summed E-state index contributed by atoms with van der Waals surface area (Å²) in [6.45, 7) is 5.61. The maximum Gasteiger partial charge on any atom is 0.408 e. The van der Waals surface area contributed by atoms with Gasteiger partial charge in [-0.2, -0.15) is 5.10 Å². The Hall–Kier alpha value is -4.08. The fourth-order valence-corrected chi connectivity index (χ4v) is 4.93.